The first-order valence-corrected chi connectivity index (χ1v) is 7.79. The third-order valence-corrected chi connectivity index (χ3v) is 4.61. The number of nitrogens with zero attached hydrogens (tertiary/aromatic N) is 2. The molecule has 1 aliphatic rings. The fourth-order valence-electron chi connectivity index (χ4n) is 2.96. The summed E-state index contributed by atoms with van der Waals surface area (Å²) in [6.07, 6.45) is 5.20. The fraction of sp³-hybridized carbons (Fsp3) is 0.533. The van der Waals surface area contributed by atoms with Gasteiger partial charge in [0.25, 0.3) is 0 Å². The lowest BCUT2D eigenvalue weighted by molar-refractivity contribution is 0.389. The Morgan fingerprint density at radius 2 is 2.16 bits per heavy atom. The van der Waals surface area contributed by atoms with Gasteiger partial charge in [0.05, 0.1) is 16.9 Å². The van der Waals surface area contributed by atoms with E-state index in [2.05, 4.69) is 22.5 Å². The Hall–Kier alpha value is -0.730. The Bertz CT molecular complexity index is 599. The number of aromatic nitrogens is 2. The first-order valence-electron chi connectivity index (χ1n) is 6.88. The number of hydrogen-bond acceptors (Lipinski definition) is 1. The molecule has 2 nitrogen and oxygen atoms in total. The van der Waals surface area contributed by atoms with Crippen molar-refractivity contribution in [2.45, 2.75) is 45.0 Å². The van der Waals surface area contributed by atoms with Gasteiger partial charge in [-0.1, -0.05) is 24.9 Å². The Labute approximate surface area is 123 Å². The van der Waals surface area contributed by atoms with Crippen molar-refractivity contribution in [3.63, 3.8) is 0 Å². The smallest absolute Gasteiger partial charge is 0.124 e. The van der Waals surface area contributed by atoms with Crippen LogP contribution in [0.4, 0.5) is 0 Å². The van der Waals surface area contributed by atoms with Gasteiger partial charge >= 0.3 is 0 Å². The lowest BCUT2D eigenvalue weighted by Gasteiger charge is -2.17. The van der Waals surface area contributed by atoms with E-state index >= 15 is 0 Å². The predicted octanol–water partition coefficient (Wildman–Crippen LogP) is 5.01. The maximum Gasteiger partial charge on any atom is 0.124 e. The van der Waals surface area contributed by atoms with Crippen LogP contribution in [0.25, 0.3) is 11.0 Å². The van der Waals surface area contributed by atoms with Crippen LogP contribution in [0.5, 0.6) is 0 Å². The summed E-state index contributed by atoms with van der Waals surface area (Å²) in [6.45, 7) is 3.30. The highest BCUT2D eigenvalue weighted by atomic mass is 35.5. The topological polar surface area (TPSA) is 17.8 Å². The number of benzene rings is 1. The molecule has 2 aromatic rings. The second-order valence-corrected chi connectivity index (χ2v) is 6.33. The average molecular weight is 297 g/mol. The molecule has 3 rings (SSSR count). The highest BCUT2D eigenvalue weighted by molar-refractivity contribution is 6.31. The normalized spacial score (nSPS) is 17.0. The van der Waals surface area contributed by atoms with Gasteiger partial charge in [-0.2, -0.15) is 0 Å². The van der Waals surface area contributed by atoms with Gasteiger partial charge in [0.1, 0.15) is 5.82 Å². The molecule has 0 bridgehead atoms. The Morgan fingerprint density at radius 1 is 1.37 bits per heavy atom. The molecular formula is C15H18Cl2N2. The van der Waals surface area contributed by atoms with Crippen molar-refractivity contribution in [2.75, 3.05) is 0 Å². The molecule has 0 amide bonds. The molecular weight excluding hydrogens is 279 g/mol. The van der Waals surface area contributed by atoms with E-state index in [0.29, 0.717) is 11.3 Å². The molecule has 0 N–H and O–H groups in total. The summed E-state index contributed by atoms with van der Waals surface area (Å²) in [5.74, 6) is 1.41. The summed E-state index contributed by atoms with van der Waals surface area (Å²) in [5, 5.41) is 0.730. The molecule has 0 saturated heterocycles. The van der Waals surface area contributed by atoms with Crippen molar-refractivity contribution in [2.24, 2.45) is 5.41 Å². The standard InChI is InChI=1S/C15H18Cl2N2/c1-2-5-15(6-7-15)10-19-13-4-3-11(17)8-12(13)18-14(19)9-16/h3-4,8H,2,5-7,9-10H2,1H3. The van der Waals surface area contributed by atoms with Crippen molar-refractivity contribution in [1.29, 1.82) is 0 Å². The molecule has 0 aliphatic heterocycles. The zero-order chi connectivity index (χ0) is 13.5. The largest absolute Gasteiger partial charge is 0.326 e. The van der Waals surface area contributed by atoms with E-state index in [4.69, 9.17) is 23.2 Å². The summed E-state index contributed by atoms with van der Waals surface area (Å²) in [5.41, 5.74) is 2.60. The first kappa shape index (κ1) is 13.3. The SMILES string of the molecule is CCCC1(Cn2c(CCl)nc3cc(Cl)ccc32)CC1. The van der Waals surface area contributed by atoms with Crippen LogP contribution in [0.1, 0.15) is 38.4 Å². The predicted molar refractivity (Wildman–Crippen MR) is 80.9 cm³/mol. The monoisotopic (exact) mass is 296 g/mol. The summed E-state index contributed by atoms with van der Waals surface area (Å²) >= 11 is 12.1. The number of hydrogen-bond donors (Lipinski definition) is 0. The zero-order valence-electron chi connectivity index (χ0n) is 11.1. The zero-order valence-corrected chi connectivity index (χ0v) is 12.6. The summed E-state index contributed by atoms with van der Waals surface area (Å²) in [7, 11) is 0. The van der Waals surface area contributed by atoms with Crippen molar-refractivity contribution < 1.29 is 0 Å². The highest BCUT2D eigenvalue weighted by Gasteiger charge is 2.42. The fourth-order valence-corrected chi connectivity index (χ4v) is 3.33. The van der Waals surface area contributed by atoms with Gasteiger partial charge in [-0.15, -0.1) is 11.6 Å². The van der Waals surface area contributed by atoms with Crippen molar-refractivity contribution in [3.8, 4) is 0 Å². The van der Waals surface area contributed by atoms with Crippen LogP contribution in [0.2, 0.25) is 5.02 Å². The van der Waals surface area contributed by atoms with E-state index in [1.54, 1.807) is 0 Å². The van der Waals surface area contributed by atoms with Gasteiger partial charge in [0.2, 0.25) is 0 Å². The molecule has 1 fully saturated rings. The summed E-state index contributed by atoms with van der Waals surface area (Å²) < 4.78 is 2.29. The van der Waals surface area contributed by atoms with E-state index in [1.807, 2.05) is 12.1 Å². The van der Waals surface area contributed by atoms with Gasteiger partial charge < -0.3 is 4.57 Å². The number of alkyl halides is 1. The van der Waals surface area contributed by atoms with Crippen LogP contribution < -0.4 is 0 Å². The minimum absolute atomic E-state index is 0.453. The van der Waals surface area contributed by atoms with Crippen LogP contribution in [0.15, 0.2) is 18.2 Å². The van der Waals surface area contributed by atoms with Crippen LogP contribution in [0.3, 0.4) is 0 Å². The van der Waals surface area contributed by atoms with E-state index in [9.17, 15) is 0 Å². The number of rotatable bonds is 5. The molecule has 4 heteroatoms. The summed E-state index contributed by atoms with van der Waals surface area (Å²) in [6, 6.07) is 5.91. The average Bonchev–Trinajstić information content (AvgIpc) is 3.06. The Morgan fingerprint density at radius 3 is 2.79 bits per heavy atom. The Kier molecular flexibility index (Phi) is 3.48. The molecule has 102 valence electrons. The second kappa shape index (κ2) is 4.99. The molecule has 0 atom stereocenters. The van der Waals surface area contributed by atoms with Crippen molar-refractivity contribution >= 4 is 34.2 Å². The lowest BCUT2D eigenvalue weighted by Crippen LogP contribution is -2.13. The van der Waals surface area contributed by atoms with Crippen LogP contribution in [0, 0.1) is 5.41 Å². The van der Waals surface area contributed by atoms with E-state index in [0.717, 1.165) is 28.4 Å². The molecule has 1 heterocycles. The summed E-state index contributed by atoms with van der Waals surface area (Å²) in [4.78, 5) is 4.61. The molecule has 0 radical (unpaired) electrons. The maximum absolute atomic E-state index is 6.05. The lowest BCUT2D eigenvalue weighted by atomic mass is 10.0. The number of fused-ring (bicyclic) bond motifs is 1. The van der Waals surface area contributed by atoms with Gasteiger partial charge in [0, 0.05) is 11.6 Å². The van der Waals surface area contributed by atoms with Crippen LogP contribution >= 0.6 is 23.2 Å². The number of halogens is 2. The van der Waals surface area contributed by atoms with Gasteiger partial charge in [-0.25, -0.2) is 4.98 Å². The maximum atomic E-state index is 6.05. The third kappa shape index (κ3) is 2.48. The van der Waals surface area contributed by atoms with Crippen LogP contribution in [-0.4, -0.2) is 9.55 Å². The van der Waals surface area contributed by atoms with Gasteiger partial charge in [-0.05, 0) is 42.9 Å². The second-order valence-electron chi connectivity index (χ2n) is 5.63. The van der Waals surface area contributed by atoms with Crippen LogP contribution in [-0.2, 0) is 12.4 Å². The molecule has 0 unspecified atom stereocenters. The Balaban J connectivity index is 2.01. The molecule has 1 aromatic carbocycles. The van der Waals surface area contributed by atoms with Crippen molar-refractivity contribution in [1.82, 2.24) is 9.55 Å². The molecule has 0 spiro atoms. The first-order chi connectivity index (χ1) is 9.17. The highest BCUT2D eigenvalue weighted by Crippen LogP contribution is 2.51. The number of imidazole rings is 1. The minimum atomic E-state index is 0.453. The quantitative estimate of drug-likeness (QED) is 0.709. The minimum Gasteiger partial charge on any atom is -0.326 e. The molecule has 1 aromatic heterocycles. The van der Waals surface area contributed by atoms with Gasteiger partial charge in [-0.3, -0.25) is 0 Å². The van der Waals surface area contributed by atoms with Crippen molar-refractivity contribution in [3.05, 3.63) is 29.0 Å². The van der Waals surface area contributed by atoms with E-state index in [1.165, 1.54) is 25.7 Å². The molecule has 19 heavy (non-hydrogen) atoms. The van der Waals surface area contributed by atoms with E-state index in [-0.39, 0.29) is 0 Å². The van der Waals surface area contributed by atoms with Gasteiger partial charge in [0.15, 0.2) is 0 Å². The molecule has 1 aliphatic carbocycles. The van der Waals surface area contributed by atoms with E-state index < -0.39 is 0 Å². The molecule has 1 saturated carbocycles. The third-order valence-electron chi connectivity index (χ3n) is 4.14.